The van der Waals surface area contributed by atoms with E-state index in [1.165, 1.54) is 0 Å². The fraction of sp³-hybridized carbons (Fsp3) is 0.429. The van der Waals surface area contributed by atoms with Crippen molar-refractivity contribution in [1.29, 1.82) is 5.26 Å². The number of hydrogen-bond acceptors (Lipinski definition) is 5. The van der Waals surface area contributed by atoms with Gasteiger partial charge >= 0.3 is 6.09 Å². The summed E-state index contributed by atoms with van der Waals surface area (Å²) < 4.78 is 4.98. The molecule has 0 atom stereocenters. The van der Waals surface area contributed by atoms with Crippen LogP contribution in [0.3, 0.4) is 0 Å². The number of para-hydroxylation sites is 1. The first-order valence-corrected chi connectivity index (χ1v) is 6.62. The molecule has 1 aromatic rings. The number of amides is 1. The first kappa shape index (κ1) is 14.0. The molecule has 0 saturated carbocycles. The van der Waals surface area contributed by atoms with E-state index in [2.05, 4.69) is 11.0 Å². The van der Waals surface area contributed by atoms with Gasteiger partial charge in [0.1, 0.15) is 6.07 Å². The lowest BCUT2D eigenvalue weighted by Crippen LogP contribution is -2.49. The SMILES string of the molecule is CCOC(=O)N1CCN(c2cccc(C#N)c2N)CC1. The van der Waals surface area contributed by atoms with Crippen molar-refractivity contribution in [2.45, 2.75) is 6.92 Å². The van der Waals surface area contributed by atoms with Crippen molar-refractivity contribution in [3.8, 4) is 6.07 Å². The molecule has 1 amide bonds. The van der Waals surface area contributed by atoms with Gasteiger partial charge in [-0.2, -0.15) is 5.26 Å². The standard InChI is InChI=1S/C14H18N4O2/c1-2-20-14(19)18-8-6-17(7-9-18)12-5-3-4-11(10-15)13(12)16/h3-5H,2,6-9,16H2,1H3. The fourth-order valence-corrected chi connectivity index (χ4v) is 2.27. The fourth-order valence-electron chi connectivity index (χ4n) is 2.27. The van der Waals surface area contributed by atoms with E-state index in [-0.39, 0.29) is 6.09 Å². The van der Waals surface area contributed by atoms with Crippen LogP contribution < -0.4 is 10.6 Å². The average Bonchev–Trinajstić information content (AvgIpc) is 2.48. The van der Waals surface area contributed by atoms with Crippen molar-refractivity contribution >= 4 is 17.5 Å². The Morgan fingerprint density at radius 2 is 2.10 bits per heavy atom. The molecule has 0 spiro atoms. The van der Waals surface area contributed by atoms with Gasteiger partial charge in [-0.05, 0) is 19.1 Å². The Hall–Kier alpha value is -2.42. The maximum Gasteiger partial charge on any atom is 0.409 e. The summed E-state index contributed by atoms with van der Waals surface area (Å²) in [4.78, 5) is 15.4. The number of anilines is 2. The molecule has 1 aliphatic heterocycles. The van der Waals surface area contributed by atoms with Crippen LogP contribution in [0, 0.1) is 11.3 Å². The summed E-state index contributed by atoms with van der Waals surface area (Å²) in [6, 6.07) is 7.50. The number of rotatable bonds is 2. The minimum Gasteiger partial charge on any atom is -0.450 e. The number of nitrogens with two attached hydrogens (primary N) is 1. The third kappa shape index (κ3) is 2.77. The summed E-state index contributed by atoms with van der Waals surface area (Å²) >= 11 is 0. The van der Waals surface area contributed by atoms with Crippen molar-refractivity contribution < 1.29 is 9.53 Å². The lowest BCUT2D eigenvalue weighted by atomic mass is 10.1. The van der Waals surface area contributed by atoms with Crippen LogP contribution in [-0.2, 0) is 4.74 Å². The summed E-state index contributed by atoms with van der Waals surface area (Å²) in [7, 11) is 0. The molecule has 0 aliphatic carbocycles. The molecular formula is C14H18N4O2. The topological polar surface area (TPSA) is 82.6 Å². The smallest absolute Gasteiger partial charge is 0.409 e. The van der Waals surface area contributed by atoms with E-state index < -0.39 is 0 Å². The Morgan fingerprint density at radius 3 is 2.70 bits per heavy atom. The van der Waals surface area contributed by atoms with Gasteiger partial charge in [-0.25, -0.2) is 4.79 Å². The van der Waals surface area contributed by atoms with Crippen LogP contribution >= 0.6 is 0 Å². The van der Waals surface area contributed by atoms with Crippen LogP contribution in [0.15, 0.2) is 18.2 Å². The van der Waals surface area contributed by atoms with Crippen molar-refractivity contribution in [3.63, 3.8) is 0 Å². The number of carbonyl (C=O) groups is 1. The molecule has 0 bridgehead atoms. The van der Waals surface area contributed by atoms with Crippen LogP contribution in [0.4, 0.5) is 16.2 Å². The van der Waals surface area contributed by atoms with Crippen LogP contribution in [-0.4, -0.2) is 43.8 Å². The third-order valence-electron chi connectivity index (χ3n) is 3.35. The van der Waals surface area contributed by atoms with Gasteiger partial charge in [0.2, 0.25) is 0 Å². The van der Waals surface area contributed by atoms with Gasteiger partial charge in [0, 0.05) is 26.2 Å². The zero-order valence-electron chi connectivity index (χ0n) is 11.5. The molecule has 1 aromatic carbocycles. The number of carbonyl (C=O) groups excluding carboxylic acids is 1. The second-order valence-corrected chi connectivity index (χ2v) is 4.52. The zero-order valence-corrected chi connectivity index (χ0v) is 11.5. The minimum absolute atomic E-state index is 0.272. The van der Waals surface area contributed by atoms with Gasteiger partial charge in [0.25, 0.3) is 0 Å². The maximum absolute atomic E-state index is 11.6. The molecule has 2 rings (SSSR count). The molecule has 6 heteroatoms. The third-order valence-corrected chi connectivity index (χ3v) is 3.35. The van der Waals surface area contributed by atoms with E-state index in [0.717, 1.165) is 5.69 Å². The van der Waals surface area contributed by atoms with E-state index >= 15 is 0 Å². The Bertz CT molecular complexity index is 530. The number of nitrogens with zero attached hydrogens (tertiary/aromatic N) is 3. The van der Waals surface area contributed by atoms with Crippen LogP contribution in [0.25, 0.3) is 0 Å². The first-order valence-electron chi connectivity index (χ1n) is 6.62. The maximum atomic E-state index is 11.6. The molecule has 1 aliphatic rings. The molecule has 1 fully saturated rings. The highest BCUT2D eigenvalue weighted by molar-refractivity contribution is 5.74. The van der Waals surface area contributed by atoms with Gasteiger partial charge in [-0.3, -0.25) is 0 Å². The summed E-state index contributed by atoms with van der Waals surface area (Å²) in [5.74, 6) is 0. The van der Waals surface area contributed by atoms with Gasteiger partial charge < -0.3 is 20.3 Å². The molecule has 106 valence electrons. The number of nitrogen functional groups attached to an aromatic ring is 1. The number of ether oxygens (including phenoxy) is 1. The second-order valence-electron chi connectivity index (χ2n) is 4.52. The summed E-state index contributed by atoms with van der Waals surface area (Å²) in [6.45, 7) is 4.72. The van der Waals surface area contributed by atoms with Crippen LogP contribution in [0.1, 0.15) is 12.5 Å². The largest absolute Gasteiger partial charge is 0.450 e. The van der Waals surface area contributed by atoms with Crippen molar-refractivity contribution in [2.75, 3.05) is 43.4 Å². The summed E-state index contributed by atoms with van der Waals surface area (Å²) in [6.07, 6.45) is -0.272. The molecule has 0 unspecified atom stereocenters. The monoisotopic (exact) mass is 274 g/mol. The molecular weight excluding hydrogens is 256 g/mol. The quantitative estimate of drug-likeness (QED) is 0.825. The van der Waals surface area contributed by atoms with Crippen molar-refractivity contribution in [1.82, 2.24) is 4.90 Å². The molecule has 1 heterocycles. The molecule has 20 heavy (non-hydrogen) atoms. The van der Waals surface area contributed by atoms with Crippen molar-refractivity contribution in [3.05, 3.63) is 23.8 Å². The highest BCUT2D eigenvalue weighted by atomic mass is 16.6. The lowest BCUT2D eigenvalue weighted by molar-refractivity contribution is 0.105. The molecule has 2 N–H and O–H groups in total. The Kier molecular flexibility index (Phi) is 4.31. The van der Waals surface area contributed by atoms with E-state index in [0.29, 0.717) is 44.0 Å². The van der Waals surface area contributed by atoms with Gasteiger partial charge in [0.05, 0.1) is 23.5 Å². The van der Waals surface area contributed by atoms with E-state index in [9.17, 15) is 4.79 Å². The summed E-state index contributed by atoms with van der Waals surface area (Å²) in [5.41, 5.74) is 7.83. The number of benzene rings is 1. The lowest BCUT2D eigenvalue weighted by Gasteiger charge is -2.36. The highest BCUT2D eigenvalue weighted by Gasteiger charge is 2.23. The number of nitriles is 1. The first-order chi connectivity index (χ1) is 9.67. The van der Waals surface area contributed by atoms with E-state index in [1.54, 1.807) is 17.9 Å². The van der Waals surface area contributed by atoms with E-state index in [4.69, 9.17) is 15.7 Å². The normalized spacial score (nSPS) is 14.8. The summed E-state index contributed by atoms with van der Waals surface area (Å²) in [5, 5.41) is 9.00. The predicted octanol–water partition coefficient (Wildman–Crippen LogP) is 1.42. The molecule has 0 radical (unpaired) electrons. The number of piperazine rings is 1. The van der Waals surface area contributed by atoms with Gasteiger partial charge in [0.15, 0.2) is 0 Å². The Balaban J connectivity index is 2.05. The second kappa shape index (κ2) is 6.15. The van der Waals surface area contributed by atoms with Gasteiger partial charge in [-0.1, -0.05) is 6.07 Å². The van der Waals surface area contributed by atoms with Crippen LogP contribution in [0.5, 0.6) is 0 Å². The molecule has 1 saturated heterocycles. The predicted molar refractivity (Wildman–Crippen MR) is 76.4 cm³/mol. The average molecular weight is 274 g/mol. The molecule has 0 aromatic heterocycles. The Morgan fingerprint density at radius 1 is 1.40 bits per heavy atom. The zero-order chi connectivity index (χ0) is 14.5. The number of hydrogen-bond donors (Lipinski definition) is 1. The Labute approximate surface area is 118 Å². The van der Waals surface area contributed by atoms with Crippen LogP contribution in [0.2, 0.25) is 0 Å². The van der Waals surface area contributed by atoms with Gasteiger partial charge in [-0.15, -0.1) is 0 Å². The highest BCUT2D eigenvalue weighted by Crippen LogP contribution is 2.27. The van der Waals surface area contributed by atoms with Crippen molar-refractivity contribution in [2.24, 2.45) is 0 Å². The molecule has 6 nitrogen and oxygen atoms in total. The minimum atomic E-state index is -0.272. The van der Waals surface area contributed by atoms with E-state index in [1.807, 2.05) is 12.1 Å².